The van der Waals surface area contributed by atoms with Gasteiger partial charge in [-0.1, -0.05) is 11.3 Å². The van der Waals surface area contributed by atoms with E-state index in [4.69, 9.17) is 5.73 Å². The van der Waals surface area contributed by atoms with Crippen LogP contribution in [0.4, 0.5) is 5.13 Å². The number of carbonyl (C=O) groups excluding carboxylic acids is 1. The van der Waals surface area contributed by atoms with Crippen LogP contribution in [0, 0.1) is 0 Å². The molecule has 2 heterocycles. The lowest BCUT2D eigenvalue weighted by atomic mass is 9.93. The average Bonchev–Trinajstić information content (AvgIpc) is 2.91. The summed E-state index contributed by atoms with van der Waals surface area (Å²) >= 11 is 1.26. The highest BCUT2D eigenvalue weighted by atomic mass is 32.1. The van der Waals surface area contributed by atoms with E-state index in [0.29, 0.717) is 4.88 Å². The van der Waals surface area contributed by atoms with Gasteiger partial charge in [-0.15, -0.1) is 0 Å². The Labute approximate surface area is 125 Å². The van der Waals surface area contributed by atoms with Crippen LogP contribution >= 0.6 is 11.3 Å². The Bertz CT molecular complexity index is 713. The number of amides is 1. The van der Waals surface area contributed by atoms with Crippen molar-refractivity contribution in [3.8, 4) is 11.5 Å². The molecule has 110 valence electrons. The van der Waals surface area contributed by atoms with Crippen LogP contribution in [0.15, 0.2) is 18.3 Å². The van der Waals surface area contributed by atoms with Gasteiger partial charge in [0.1, 0.15) is 4.88 Å². The van der Waals surface area contributed by atoms with E-state index in [0.717, 1.165) is 29.2 Å². The summed E-state index contributed by atoms with van der Waals surface area (Å²) in [6.07, 6.45) is 2.22. The number of fused-ring (bicyclic) bond motifs is 1. The average molecular weight is 305 g/mol. The Morgan fingerprint density at radius 3 is 2.81 bits per heavy atom. The van der Waals surface area contributed by atoms with Gasteiger partial charge in [0.15, 0.2) is 16.6 Å². The van der Waals surface area contributed by atoms with Crippen molar-refractivity contribution in [1.29, 1.82) is 0 Å². The van der Waals surface area contributed by atoms with Gasteiger partial charge in [0, 0.05) is 6.54 Å². The number of aromatic nitrogens is 1. The van der Waals surface area contributed by atoms with Gasteiger partial charge in [-0.05, 0) is 36.6 Å². The Balaban J connectivity index is 1.96. The minimum atomic E-state index is -0.480. The van der Waals surface area contributed by atoms with E-state index in [1.54, 1.807) is 12.1 Å². The Hall–Kier alpha value is -2.28. The van der Waals surface area contributed by atoms with Crippen LogP contribution in [0.25, 0.3) is 0 Å². The fourth-order valence-electron chi connectivity index (χ4n) is 2.62. The number of primary amides is 1. The largest absolute Gasteiger partial charge is 0.504 e. The number of thiazole rings is 1. The highest BCUT2D eigenvalue weighted by Crippen LogP contribution is 2.39. The second-order valence-corrected chi connectivity index (χ2v) is 6.04. The quantitative estimate of drug-likeness (QED) is 0.734. The molecule has 0 fully saturated rings. The van der Waals surface area contributed by atoms with Gasteiger partial charge < -0.3 is 20.8 Å². The summed E-state index contributed by atoms with van der Waals surface area (Å²) in [4.78, 5) is 17.9. The summed E-state index contributed by atoms with van der Waals surface area (Å²) < 4.78 is 0. The predicted octanol–water partition coefficient (Wildman–Crippen LogP) is 1.78. The molecule has 1 unspecified atom stereocenters. The molecule has 1 aromatic carbocycles. The summed E-state index contributed by atoms with van der Waals surface area (Å²) in [6, 6.07) is 3.19. The summed E-state index contributed by atoms with van der Waals surface area (Å²) in [7, 11) is 0. The molecule has 1 aliphatic heterocycles. The summed E-state index contributed by atoms with van der Waals surface area (Å²) in [6.45, 7) is 2.73. The molecule has 1 amide bonds. The molecule has 1 aliphatic rings. The van der Waals surface area contributed by atoms with Crippen LogP contribution in [0.3, 0.4) is 0 Å². The second-order valence-electron chi connectivity index (χ2n) is 5.03. The highest BCUT2D eigenvalue weighted by Gasteiger charge is 2.27. The fraction of sp³-hybridized carbons (Fsp3) is 0.286. The van der Waals surface area contributed by atoms with Crippen molar-refractivity contribution in [3.63, 3.8) is 0 Å². The zero-order chi connectivity index (χ0) is 15.1. The van der Waals surface area contributed by atoms with Crippen LogP contribution in [0.2, 0.25) is 0 Å². The third-order valence-corrected chi connectivity index (χ3v) is 4.81. The standard InChI is InChI=1S/C14H15N3O3S/c1-7-9-5-11(19)10(18)4-8(9)2-3-17(7)14-16-6-12(21-14)13(15)20/h4-7,18-19H,2-3H2,1H3,(H2,15,20). The summed E-state index contributed by atoms with van der Waals surface area (Å²) in [5.74, 6) is -0.703. The number of hydrogen-bond acceptors (Lipinski definition) is 6. The van der Waals surface area contributed by atoms with Crippen LogP contribution in [0.5, 0.6) is 11.5 Å². The number of phenolic OH excluding ortho intramolecular Hbond substituents is 2. The number of anilines is 1. The number of benzene rings is 1. The van der Waals surface area contributed by atoms with Crippen LogP contribution < -0.4 is 10.6 Å². The van der Waals surface area contributed by atoms with Gasteiger partial charge in [0.2, 0.25) is 0 Å². The molecule has 21 heavy (non-hydrogen) atoms. The number of hydrogen-bond donors (Lipinski definition) is 3. The topological polar surface area (TPSA) is 99.7 Å². The Morgan fingerprint density at radius 1 is 1.43 bits per heavy atom. The predicted molar refractivity (Wildman–Crippen MR) is 79.9 cm³/mol. The molecule has 6 nitrogen and oxygen atoms in total. The van der Waals surface area contributed by atoms with E-state index in [-0.39, 0.29) is 17.5 Å². The minimum Gasteiger partial charge on any atom is -0.504 e. The van der Waals surface area contributed by atoms with Crippen molar-refractivity contribution in [2.24, 2.45) is 5.73 Å². The van der Waals surface area contributed by atoms with E-state index in [9.17, 15) is 15.0 Å². The molecule has 0 saturated heterocycles. The minimum absolute atomic E-state index is 0.00729. The smallest absolute Gasteiger partial charge is 0.260 e. The molecule has 0 saturated carbocycles. The lowest BCUT2D eigenvalue weighted by molar-refractivity contribution is 0.100. The normalized spacial score (nSPS) is 17.6. The molecular weight excluding hydrogens is 290 g/mol. The maximum absolute atomic E-state index is 11.2. The SMILES string of the molecule is CC1c2cc(O)c(O)cc2CCN1c1ncc(C(N)=O)s1. The zero-order valence-corrected chi connectivity index (χ0v) is 12.2. The van der Waals surface area contributed by atoms with Crippen molar-refractivity contribution in [3.05, 3.63) is 34.3 Å². The fourth-order valence-corrected chi connectivity index (χ4v) is 3.49. The first-order valence-electron chi connectivity index (χ1n) is 6.54. The Morgan fingerprint density at radius 2 is 2.14 bits per heavy atom. The van der Waals surface area contributed by atoms with E-state index in [1.165, 1.54) is 17.5 Å². The Kier molecular flexibility index (Phi) is 3.21. The van der Waals surface area contributed by atoms with Gasteiger partial charge in [0.05, 0.1) is 12.2 Å². The first-order valence-corrected chi connectivity index (χ1v) is 7.36. The highest BCUT2D eigenvalue weighted by molar-refractivity contribution is 7.17. The lowest BCUT2D eigenvalue weighted by Crippen LogP contribution is -2.33. The summed E-state index contributed by atoms with van der Waals surface area (Å²) in [5.41, 5.74) is 7.22. The molecule has 0 bridgehead atoms. The third-order valence-electron chi connectivity index (χ3n) is 3.76. The molecule has 0 aliphatic carbocycles. The molecular formula is C14H15N3O3S. The number of carbonyl (C=O) groups is 1. The molecule has 0 spiro atoms. The van der Waals surface area contributed by atoms with Gasteiger partial charge >= 0.3 is 0 Å². The van der Waals surface area contributed by atoms with Gasteiger partial charge in [-0.25, -0.2) is 4.98 Å². The van der Waals surface area contributed by atoms with Crippen molar-refractivity contribution < 1.29 is 15.0 Å². The number of rotatable bonds is 2. The maximum Gasteiger partial charge on any atom is 0.260 e. The van der Waals surface area contributed by atoms with Crippen molar-refractivity contribution in [2.45, 2.75) is 19.4 Å². The molecule has 4 N–H and O–H groups in total. The second kappa shape index (κ2) is 4.92. The van der Waals surface area contributed by atoms with Crippen LogP contribution in [-0.2, 0) is 6.42 Å². The van der Waals surface area contributed by atoms with E-state index in [2.05, 4.69) is 9.88 Å². The van der Waals surface area contributed by atoms with Gasteiger partial charge in [-0.3, -0.25) is 4.79 Å². The van der Waals surface area contributed by atoms with Crippen LogP contribution in [0.1, 0.15) is 33.8 Å². The molecule has 3 rings (SSSR count). The molecule has 0 radical (unpaired) electrons. The van der Waals surface area contributed by atoms with Crippen molar-refractivity contribution >= 4 is 22.4 Å². The van der Waals surface area contributed by atoms with E-state index >= 15 is 0 Å². The van der Waals surface area contributed by atoms with Gasteiger partial charge in [-0.2, -0.15) is 0 Å². The maximum atomic E-state index is 11.2. The number of aromatic hydroxyl groups is 2. The van der Waals surface area contributed by atoms with Crippen molar-refractivity contribution in [1.82, 2.24) is 4.98 Å². The monoisotopic (exact) mass is 305 g/mol. The third kappa shape index (κ3) is 2.29. The lowest BCUT2D eigenvalue weighted by Gasteiger charge is -2.35. The molecule has 1 atom stereocenters. The number of phenols is 2. The van der Waals surface area contributed by atoms with Crippen LogP contribution in [-0.4, -0.2) is 27.6 Å². The first-order chi connectivity index (χ1) is 9.97. The number of nitrogens with two attached hydrogens (primary N) is 1. The van der Waals surface area contributed by atoms with E-state index < -0.39 is 5.91 Å². The van der Waals surface area contributed by atoms with Crippen molar-refractivity contribution in [2.75, 3.05) is 11.4 Å². The van der Waals surface area contributed by atoms with Gasteiger partial charge in [0.25, 0.3) is 5.91 Å². The van der Waals surface area contributed by atoms with E-state index in [1.807, 2.05) is 6.92 Å². The molecule has 1 aromatic heterocycles. The number of nitrogens with zero attached hydrogens (tertiary/aromatic N) is 2. The molecule has 2 aromatic rings. The molecule has 7 heteroatoms. The zero-order valence-electron chi connectivity index (χ0n) is 11.4. The summed E-state index contributed by atoms with van der Waals surface area (Å²) in [5, 5.41) is 20.0. The first kappa shape index (κ1) is 13.7.